The van der Waals surface area contributed by atoms with Crippen LogP contribution in [0.15, 0.2) is 18.6 Å². The van der Waals surface area contributed by atoms with Crippen molar-refractivity contribution in [2.24, 2.45) is 11.8 Å². The maximum atomic E-state index is 9.00. The number of hydrogen-bond donors (Lipinski definition) is 1. The molecule has 0 aliphatic heterocycles. The van der Waals surface area contributed by atoms with Crippen LogP contribution in [0.4, 0.5) is 5.82 Å². The monoisotopic (exact) mass is 341 g/mol. The summed E-state index contributed by atoms with van der Waals surface area (Å²) in [5.74, 6) is 3.40. The molecule has 2 heterocycles. The fourth-order valence-corrected chi connectivity index (χ4v) is 5.43. The Kier molecular flexibility index (Phi) is 4.36. The molecule has 2 aromatic heterocycles. The predicted molar refractivity (Wildman–Crippen MR) is 98.0 cm³/mol. The molecule has 2 aliphatic rings. The van der Waals surface area contributed by atoms with E-state index in [1.54, 1.807) is 6.33 Å². The number of fused-ring (bicyclic) bond motifs is 1. The summed E-state index contributed by atoms with van der Waals surface area (Å²) in [5, 5.41) is 10.8. The highest BCUT2D eigenvalue weighted by Crippen LogP contribution is 2.40. The topological polar surface area (TPSA) is 68.6 Å². The number of aromatic nitrogens is 3. The van der Waals surface area contributed by atoms with Gasteiger partial charge in [0.15, 0.2) is 0 Å². The molecule has 5 nitrogen and oxygen atoms in total. The molecule has 24 heavy (non-hydrogen) atoms. The van der Waals surface area contributed by atoms with Crippen LogP contribution in [0.25, 0.3) is 11.0 Å². The van der Waals surface area contributed by atoms with Crippen LogP contribution in [0.1, 0.15) is 32.1 Å². The molecule has 2 aromatic rings. The second-order valence-electron chi connectivity index (χ2n) is 7.13. The molecular weight excluding hydrogens is 318 g/mol. The smallest absolute Gasteiger partial charge is 0.142 e. The third-order valence-corrected chi connectivity index (χ3v) is 7.12. The second kappa shape index (κ2) is 6.64. The summed E-state index contributed by atoms with van der Waals surface area (Å²) in [6.45, 7) is 0. The third kappa shape index (κ3) is 2.98. The number of H-pyrrole nitrogens is 1. The summed E-state index contributed by atoms with van der Waals surface area (Å²) in [5.41, 5.74) is 0.909. The lowest BCUT2D eigenvalue weighted by atomic mass is 9.81. The van der Waals surface area contributed by atoms with Gasteiger partial charge in [-0.25, -0.2) is 9.97 Å². The average Bonchev–Trinajstić information content (AvgIpc) is 3.21. The van der Waals surface area contributed by atoms with Crippen molar-refractivity contribution in [1.82, 2.24) is 15.0 Å². The summed E-state index contributed by atoms with van der Waals surface area (Å²) >= 11 is 2.10. The van der Waals surface area contributed by atoms with Crippen molar-refractivity contribution < 1.29 is 0 Å². The van der Waals surface area contributed by atoms with Crippen LogP contribution in [0.3, 0.4) is 0 Å². The van der Waals surface area contributed by atoms with Crippen molar-refractivity contribution >= 4 is 28.6 Å². The second-order valence-corrected chi connectivity index (χ2v) is 8.47. The first-order chi connectivity index (χ1) is 11.7. The molecule has 0 bridgehead atoms. The van der Waals surface area contributed by atoms with Gasteiger partial charge in [0.25, 0.3) is 0 Å². The van der Waals surface area contributed by atoms with Crippen LogP contribution >= 0.6 is 11.8 Å². The SMILES string of the molecule is CN(c1ncnc2[nH]ccc12)[C@H]1C[C@@H](CSC2CCC(C#N)C2)C1. The maximum absolute atomic E-state index is 9.00. The molecule has 2 saturated carbocycles. The lowest BCUT2D eigenvalue weighted by molar-refractivity contribution is 0.285. The average molecular weight is 341 g/mol. The maximum Gasteiger partial charge on any atom is 0.142 e. The molecule has 0 radical (unpaired) electrons. The minimum atomic E-state index is 0.310. The van der Waals surface area contributed by atoms with Crippen molar-refractivity contribution in [3.8, 4) is 6.07 Å². The van der Waals surface area contributed by atoms with Crippen molar-refractivity contribution in [3.05, 3.63) is 18.6 Å². The number of nitrogens with zero attached hydrogens (tertiary/aromatic N) is 4. The van der Waals surface area contributed by atoms with Crippen LogP contribution in [0.2, 0.25) is 0 Å². The molecule has 0 spiro atoms. The van der Waals surface area contributed by atoms with Gasteiger partial charge in [-0.3, -0.25) is 0 Å². The Morgan fingerprint density at radius 2 is 2.21 bits per heavy atom. The lowest BCUT2D eigenvalue weighted by Crippen LogP contribution is -2.44. The first kappa shape index (κ1) is 15.8. The predicted octanol–water partition coefficient (Wildman–Crippen LogP) is 3.60. The Bertz CT molecular complexity index is 745. The Hall–Kier alpha value is -1.74. The number of hydrogen-bond acceptors (Lipinski definition) is 5. The highest BCUT2D eigenvalue weighted by atomic mass is 32.2. The van der Waals surface area contributed by atoms with Crippen molar-refractivity contribution in [3.63, 3.8) is 0 Å². The van der Waals surface area contributed by atoms with Gasteiger partial charge >= 0.3 is 0 Å². The zero-order chi connectivity index (χ0) is 16.5. The number of nitrogens with one attached hydrogen (secondary N) is 1. The van der Waals surface area contributed by atoms with Crippen molar-refractivity contribution in [2.75, 3.05) is 17.7 Å². The Morgan fingerprint density at radius 3 is 3.00 bits per heavy atom. The Balaban J connectivity index is 1.28. The number of thioether (sulfide) groups is 1. The van der Waals surface area contributed by atoms with Gasteiger partial charge in [-0.15, -0.1) is 0 Å². The van der Waals surface area contributed by atoms with E-state index in [1.807, 2.05) is 6.20 Å². The van der Waals surface area contributed by atoms with Gasteiger partial charge in [0, 0.05) is 30.5 Å². The summed E-state index contributed by atoms with van der Waals surface area (Å²) in [6.07, 6.45) is 9.48. The zero-order valence-electron chi connectivity index (χ0n) is 14.0. The van der Waals surface area contributed by atoms with E-state index < -0.39 is 0 Å². The molecule has 2 fully saturated rings. The highest BCUT2D eigenvalue weighted by Gasteiger charge is 2.34. The minimum Gasteiger partial charge on any atom is -0.356 e. The van der Waals surface area contributed by atoms with Crippen molar-refractivity contribution in [1.29, 1.82) is 5.26 Å². The first-order valence-corrected chi connectivity index (χ1v) is 9.81. The minimum absolute atomic E-state index is 0.310. The number of nitriles is 1. The molecule has 126 valence electrons. The van der Waals surface area contributed by atoms with E-state index in [1.165, 1.54) is 25.0 Å². The molecule has 1 N–H and O–H groups in total. The molecule has 2 aliphatic carbocycles. The van der Waals surface area contributed by atoms with Crippen LogP contribution in [0.5, 0.6) is 0 Å². The third-order valence-electron chi connectivity index (χ3n) is 5.56. The van der Waals surface area contributed by atoms with E-state index in [4.69, 9.17) is 5.26 Å². The fraction of sp³-hybridized carbons (Fsp3) is 0.611. The van der Waals surface area contributed by atoms with E-state index >= 15 is 0 Å². The first-order valence-electron chi connectivity index (χ1n) is 8.76. The van der Waals surface area contributed by atoms with E-state index in [0.29, 0.717) is 17.2 Å². The van der Waals surface area contributed by atoms with E-state index in [2.05, 4.69) is 50.8 Å². The van der Waals surface area contributed by atoms with Gasteiger partial charge in [-0.1, -0.05) is 0 Å². The van der Waals surface area contributed by atoms with Crippen LogP contribution in [0, 0.1) is 23.2 Å². The standard InChI is InChI=1S/C18H23N5S/c1-23(18-16-4-5-20-17(16)21-11-22-18)14-6-13(7-14)10-24-15-3-2-12(8-15)9-19/h4-5,11-15H,2-3,6-8,10H2,1H3,(H,20,21,22)/t12?,13-,14+,15?. The van der Waals surface area contributed by atoms with Crippen LogP contribution in [-0.2, 0) is 0 Å². The Labute approximate surface area is 146 Å². The van der Waals surface area contributed by atoms with Gasteiger partial charge in [0.05, 0.1) is 11.5 Å². The molecule has 0 saturated heterocycles. The van der Waals surface area contributed by atoms with Gasteiger partial charge in [-0.05, 0) is 49.8 Å². The fourth-order valence-electron chi connectivity index (χ4n) is 3.95. The summed E-state index contributed by atoms with van der Waals surface area (Å²) in [4.78, 5) is 14.2. The number of anilines is 1. The number of rotatable bonds is 5. The molecule has 0 aromatic carbocycles. The molecular formula is C18H23N5S. The molecule has 0 amide bonds. The number of aromatic amines is 1. The van der Waals surface area contributed by atoms with Crippen LogP contribution < -0.4 is 4.90 Å². The molecule has 6 heteroatoms. The molecule has 4 rings (SSSR count). The Morgan fingerprint density at radius 1 is 1.33 bits per heavy atom. The largest absolute Gasteiger partial charge is 0.356 e. The van der Waals surface area contributed by atoms with Gasteiger partial charge in [-0.2, -0.15) is 17.0 Å². The summed E-state index contributed by atoms with van der Waals surface area (Å²) < 4.78 is 0. The van der Waals surface area contributed by atoms with Crippen LogP contribution in [-0.4, -0.2) is 39.0 Å². The lowest BCUT2D eigenvalue weighted by Gasteiger charge is -2.42. The zero-order valence-corrected chi connectivity index (χ0v) is 14.8. The summed E-state index contributed by atoms with van der Waals surface area (Å²) in [7, 11) is 2.15. The quantitative estimate of drug-likeness (QED) is 0.900. The van der Waals surface area contributed by atoms with Gasteiger partial charge in [0.1, 0.15) is 17.8 Å². The van der Waals surface area contributed by atoms with Gasteiger partial charge < -0.3 is 9.88 Å². The van der Waals surface area contributed by atoms with E-state index in [9.17, 15) is 0 Å². The van der Waals surface area contributed by atoms with E-state index in [0.717, 1.165) is 35.6 Å². The molecule has 2 unspecified atom stereocenters. The highest BCUT2D eigenvalue weighted by molar-refractivity contribution is 7.99. The van der Waals surface area contributed by atoms with Crippen molar-refractivity contribution in [2.45, 2.75) is 43.4 Å². The van der Waals surface area contributed by atoms with E-state index in [-0.39, 0.29) is 0 Å². The molecule has 2 atom stereocenters. The van der Waals surface area contributed by atoms with Gasteiger partial charge in [0.2, 0.25) is 0 Å². The normalized spacial score (nSPS) is 29.3. The summed E-state index contributed by atoms with van der Waals surface area (Å²) in [6, 6.07) is 5.06.